The minimum Gasteiger partial charge on any atom is -0.478 e. The van der Waals surface area contributed by atoms with Crippen molar-refractivity contribution in [2.24, 2.45) is 0 Å². The van der Waals surface area contributed by atoms with E-state index in [1.165, 1.54) is 18.3 Å². The second-order valence-electron chi connectivity index (χ2n) is 5.69. The molecule has 2 aromatic rings. The summed E-state index contributed by atoms with van der Waals surface area (Å²) in [4.78, 5) is 36.3. The van der Waals surface area contributed by atoms with Gasteiger partial charge in [-0.05, 0) is 30.5 Å². The third kappa shape index (κ3) is 4.24. The van der Waals surface area contributed by atoms with Crippen molar-refractivity contribution < 1.29 is 23.9 Å². The highest BCUT2D eigenvalue weighted by Gasteiger charge is 2.31. The Kier molecular flexibility index (Phi) is 5.38. The molecule has 138 valence electrons. The first-order chi connectivity index (χ1) is 13.0. The quantitative estimate of drug-likeness (QED) is 0.763. The van der Waals surface area contributed by atoms with E-state index in [1.54, 1.807) is 35.7 Å². The molecule has 0 aliphatic carbocycles. The maximum absolute atomic E-state index is 12.1. The second-order valence-corrected chi connectivity index (χ2v) is 6.61. The highest BCUT2D eigenvalue weighted by molar-refractivity contribution is 7.14. The molecule has 0 unspecified atom stereocenters. The predicted molar refractivity (Wildman–Crippen MR) is 97.3 cm³/mol. The molecule has 0 saturated carbocycles. The molecular formula is C18H15N3O5S. The number of benzene rings is 1. The minimum atomic E-state index is -1.09. The van der Waals surface area contributed by atoms with Crippen LogP contribution in [-0.4, -0.2) is 30.0 Å². The molecule has 2 N–H and O–H groups in total. The summed E-state index contributed by atoms with van der Waals surface area (Å²) in [6.45, 7) is 1.41. The van der Waals surface area contributed by atoms with Crippen molar-refractivity contribution >= 4 is 39.8 Å². The summed E-state index contributed by atoms with van der Waals surface area (Å²) in [6.07, 6.45) is -2.46. The summed E-state index contributed by atoms with van der Waals surface area (Å²) in [5.41, 5.74) is 0.863. The third-order valence-corrected chi connectivity index (χ3v) is 4.59. The topological polar surface area (TPSA) is 118 Å². The molecule has 0 radical (unpaired) electrons. The lowest BCUT2D eigenvalue weighted by atomic mass is 10.1. The van der Waals surface area contributed by atoms with Crippen LogP contribution in [0.3, 0.4) is 0 Å². The van der Waals surface area contributed by atoms with Crippen LogP contribution in [0.5, 0.6) is 5.75 Å². The maximum atomic E-state index is 12.1. The number of rotatable bonds is 5. The molecule has 0 spiro atoms. The smallest absolute Gasteiger partial charge is 0.310 e. The van der Waals surface area contributed by atoms with Crippen LogP contribution in [0.4, 0.5) is 10.7 Å². The summed E-state index contributed by atoms with van der Waals surface area (Å²) in [5, 5.41) is 16.2. The van der Waals surface area contributed by atoms with Gasteiger partial charge in [0.25, 0.3) is 11.8 Å². The van der Waals surface area contributed by atoms with Crippen LogP contribution in [0, 0.1) is 11.3 Å². The number of fused-ring (bicyclic) bond motifs is 1. The molecule has 0 saturated heterocycles. The maximum Gasteiger partial charge on any atom is 0.310 e. The Balaban J connectivity index is 1.55. The van der Waals surface area contributed by atoms with Crippen molar-refractivity contribution in [3.05, 3.63) is 41.3 Å². The molecule has 9 heteroatoms. The molecule has 2 heterocycles. The van der Waals surface area contributed by atoms with Crippen LogP contribution >= 0.6 is 11.3 Å². The van der Waals surface area contributed by atoms with Gasteiger partial charge in [-0.25, -0.2) is 0 Å². The van der Waals surface area contributed by atoms with Crippen molar-refractivity contribution in [3.63, 3.8) is 0 Å². The molecule has 1 aromatic carbocycles. The van der Waals surface area contributed by atoms with Crippen molar-refractivity contribution in [2.45, 2.75) is 25.6 Å². The van der Waals surface area contributed by atoms with E-state index in [9.17, 15) is 14.4 Å². The van der Waals surface area contributed by atoms with Crippen LogP contribution in [0.1, 0.15) is 18.9 Å². The molecule has 2 amide bonds. The molecule has 0 fully saturated rings. The van der Waals surface area contributed by atoms with Crippen LogP contribution in [-0.2, 0) is 19.1 Å². The lowest BCUT2D eigenvalue weighted by Gasteiger charge is -2.25. The Bertz CT molecular complexity index is 933. The third-order valence-electron chi connectivity index (χ3n) is 3.76. The van der Waals surface area contributed by atoms with Gasteiger partial charge in [0.05, 0.1) is 17.7 Å². The number of nitrogens with zero attached hydrogens (tertiary/aromatic N) is 1. The van der Waals surface area contributed by atoms with Gasteiger partial charge in [0.15, 0.2) is 12.2 Å². The number of hydrogen-bond acceptors (Lipinski definition) is 7. The molecule has 1 aliphatic heterocycles. The second kappa shape index (κ2) is 7.88. The molecule has 8 nitrogen and oxygen atoms in total. The fourth-order valence-corrected chi connectivity index (χ4v) is 3.13. The van der Waals surface area contributed by atoms with Gasteiger partial charge in [-0.2, -0.15) is 5.26 Å². The number of para-hydroxylation sites is 2. The number of nitriles is 1. The van der Waals surface area contributed by atoms with E-state index in [4.69, 9.17) is 14.7 Å². The first-order valence-corrected chi connectivity index (χ1v) is 8.90. The molecular weight excluding hydrogens is 370 g/mol. The van der Waals surface area contributed by atoms with Crippen molar-refractivity contribution in [1.82, 2.24) is 0 Å². The zero-order chi connectivity index (χ0) is 19.4. The number of nitrogens with one attached hydrogen (secondary N) is 2. The lowest BCUT2D eigenvalue weighted by molar-refractivity contribution is -0.155. The van der Waals surface area contributed by atoms with E-state index in [1.807, 2.05) is 6.07 Å². The van der Waals surface area contributed by atoms with E-state index in [0.717, 1.165) is 0 Å². The number of amides is 2. The van der Waals surface area contributed by atoms with Crippen LogP contribution in [0.2, 0.25) is 0 Å². The summed E-state index contributed by atoms with van der Waals surface area (Å²) in [7, 11) is 0. The van der Waals surface area contributed by atoms with E-state index < -0.39 is 30.0 Å². The first kappa shape index (κ1) is 18.4. The molecule has 1 aliphatic rings. The Morgan fingerprint density at radius 1 is 1.41 bits per heavy atom. The van der Waals surface area contributed by atoms with Crippen LogP contribution in [0.15, 0.2) is 35.7 Å². The van der Waals surface area contributed by atoms with Gasteiger partial charge in [-0.3, -0.25) is 14.4 Å². The summed E-state index contributed by atoms with van der Waals surface area (Å²) >= 11 is 1.19. The molecule has 3 rings (SSSR count). The monoisotopic (exact) mass is 385 g/mol. The Morgan fingerprint density at radius 2 is 2.19 bits per heavy atom. The highest BCUT2D eigenvalue weighted by Crippen LogP contribution is 2.29. The number of hydrogen-bond donors (Lipinski definition) is 2. The van der Waals surface area contributed by atoms with E-state index in [-0.39, 0.29) is 6.42 Å². The molecule has 2 atom stereocenters. The normalized spacial score (nSPS) is 16.1. The van der Waals surface area contributed by atoms with Gasteiger partial charge in [0.2, 0.25) is 0 Å². The standard InChI is InChI=1S/C18H15N3O5S/c1-10(16(23)21-18-11(9-19)6-7-27-18)25-15(22)8-14-17(24)20-12-4-2-3-5-13(12)26-14/h2-7,10,14H,8H2,1H3,(H,20,24)(H,21,23)/t10-,14-/m0/s1. The van der Waals surface area contributed by atoms with Crippen molar-refractivity contribution in [2.75, 3.05) is 10.6 Å². The molecule has 27 heavy (non-hydrogen) atoms. The van der Waals surface area contributed by atoms with E-state index >= 15 is 0 Å². The lowest BCUT2D eigenvalue weighted by Crippen LogP contribution is -2.40. The number of carbonyl (C=O) groups excluding carboxylic acids is 3. The SMILES string of the molecule is C[C@H](OC(=O)C[C@@H]1Oc2ccccc2NC1=O)C(=O)Nc1sccc1C#N. The minimum absolute atomic E-state index is 0.331. The summed E-state index contributed by atoms with van der Waals surface area (Å²) in [5.74, 6) is -1.31. The van der Waals surface area contributed by atoms with Gasteiger partial charge < -0.3 is 20.1 Å². The number of esters is 1. The van der Waals surface area contributed by atoms with Gasteiger partial charge >= 0.3 is 5.97 Å². The highest BCUT2D eigenvalue weighted by atomic mass is 32.1. The number of carbonyl (C=O) groups is 3. The molecule has 1 aromatic heterocycles. The van der Waals surface area contributed by atoms with Gasteiger partial charge in [-0.1, -0.05) is 12.1 Å². The predicted octanol–water partition coefficient (Wildman–Crippen LogP) is 2.28. The fraction of sp³-hybridized carbons (Fsp3) is 0.222. The van der Waals surface area contributed by atoms with Crippen LogP contribution in [0.25, 0.3) is 0 Å². The Hall–Kier alpha value is -3.38. The fourth-order valence-electron chi connectivity index (χ4n) is 2.38. The van der Waals surface area contributed by atoms with Crippen molar-refractivity contribution in [1.29, 1.82) is 5.26 Å². The Morgan fingerprint density at radius 3 is 2.96 bits per heavy atom. The zero-order valence-corrected chi connectivity index (χ0v) is 15.0. The summed E-state index contributed by atoms with van der Waals surface area (Å²) in [6, 6.07) is 10.4. The van der Waals surface area contributed by atoms with Crippen LogP contribution < -0.4 is 15.4 Å². The molecule has 0 bridgehead atoms. The zero-order valence-electron chi connectivity index (χ0n) is 14.2. The first-order valence-electron chi connectivity index (χ1n) is 8.02. The Labute approximate surface area is 158 Å². The average Bonchev–Trinajstić information content (AvgIpc) is 3.09. The number of thiophene rings is 1. The average molecular weight is 385 g/mol. The van der Waals surface area contributed by atoms with Gasteiger partial charge in [-0.15, -0.1) is 11.3 Å². The number of ether oxygens (including phenoxy) is 2. The summed E-state index contributed by atoms with van der Waals surface area (Å²) < 4.78 is 10.6. The van der Waals surface area contributed by atoms with E-state index in [2.05, 4.69) is 10.6 Å². The van der Waals surface area contributed by atoms with Crippen molar-refractivity contribution in [3.8, 4) is 11.8 Å². The van der Waals surface area contributed by atoms with Gasteiger partial charge in [0.1, 0.15) is 16.8 Å². The van der Waals surface area contributed by atoms with Gasteiger partial charge in [0, 0.05) is 0 Å². The number of anilines is 2. The largest absolute Gasteiger partial charge is 0.478 e. The van der Waals surface area contributed by atoms with E-state index in [0.29, 0.717) is 22.0 Å².